The molecule has 3 aromatic rings. The molecule has 0 saturated heterocycles. The van der Waals surface area contributed by atoms with Gasteiger partial charge in [0.15, 0.2) is 0 Å². The number of anilines is 2. The second-order valence-electron chi connectivity index (χ2n) is 6.32. The molecule has 5 heterocycles. The van der Waals surface area contributed by atoms with Gasteiger partial charge in [-0.25, -0.2) is 9.97 Å². The Labute approximate surface area is 167 Å². The van der Waals surface area contributed by atoms with Gasteiger partial charge < -0.3 is 21.4 Å². The van der Waals surface area contributed by atoms with Gasteiger partial charge in [0.2, 0.25) is 0 Å². The molecule has 0 atom stereocenters. The molecule has 0 unspecified atom stereocenters. The Morgan fingerprint density at radius 3 is 1.44 bits per heavy atom. The minimum Gasteiger partial charge on any atom is -0.395 e. The Balaban J connectivity index is 0.00000180. The van der Waals surface area contributed by atoms with Crippen LogP contribution in [0.2, 0.25) is 0 Å². The molecule has 0 saturated carbocycles. The minimum atomic E-state index is 0. The van der Waals surface area contributed by atoms with Crippen LogP contribution in [0, 0.1) is 0 Å². The molecule has 6 nitrogen and oxygen atoms in total. The molecular formula is C20H16N6Zn. The molecule has 128 valence electrons. The fourth-order valence-electron chi connectivity index (χ4n) is 3.12. The molecule has 0 aromatic carbocycles. The summed E-state index contributed by atoms with van der Waals surface area (Å²) in [6.07, 6.45) is 7.83. The van der Waals surface area contributed by atoms with Crippen molar-refractivity contribution in [3.63, 3.8) is 0 Å². The van der Waals surface area contributed by atoms with E-state index in [0.717, 1.165) is 44.8 Å². The number of nitrogens with two attached hydrogens (primary N) is 2. The molecule has 2 aliphatic heterocycles. The molecule has 0 spiro atoms. The first-order chi connectivity index (χ1) is 12.6. The quantitative estimate of drug-likeness (QED) is 0.294. The van der Waals surface area contributed by atoms with E-state index in [-0.39, 0.29) is 19.5 Å². The van der Waals surface area contributed by atoms with Crippen molar-refractivity contribution < 1.29 is 19.5 Å². The molecule has 0 radical (unpaired) electrons. The van der Waals surface area contributed by atoms with E-state index in [1.807, 2.05) is 60.7 Å². The monoisotopic (exact) mass is 404 g/mol. The molecule has 6 N–H and O–H groups in total. The van der Waals surface area contributed by atoms with Gasteiger partial charge in [-0.3, -0.25) is 0 Å². The van der Waals surface area contributed by atoms with E-state index in [2.05, 4.69) is 19.9 Å². The van der Waals surface area contributed by atoms with Crippen molar-refractivity contribution in [2.45, 2.75) is 0 Å². The molecule has 8 bridgehead atoms. The van der Waals surface area contributed by atoms with Crippen LogP contribution < -0.4 is 11.5 Å². The number of H-pyrrole nitrogens is 2. The van der Waals surface area contributed by atoms with Gasteiger partial charge in [0.05, 0.1) is 45.2 Å². The van der Waals surface area contributed by atoms with Crippen LogP contribution in [-0.4, -0.2) is 19.9 Å². The van der Waals surface area contributed by atoms with Crippen molar-refractivity contribution in [2.24, 2.45) is 0 Å². The molecule has 5 rings (SSSR count). The van der Waals surface area contributed by atoms with Crippen molar-refractivity contribution in [2.75, 3.05) is 11.5 Å². The Morgan fingerprint density at radius 2 is 1.00 bits per heavy atom. The maximum Gasteiger partial charge on any atom is 0.0809 e. The van der Waals surface area contributed by atoms with Crippen molar-refractivity contribution >= 4 is 57.7 Å². The Kier molecular flexibility index (Phi) is 4.17. The topological polar surface area (TPSA) is 109 Å². The molecule has 7 heteroatoms. The number of aromatic amines is 2. The summed E-state index contributed by atoms with van der Waals surface area (Å²) < 4.78 is 0. The van der Waals surface area contributed by atoms with E-state index in [1.54, 1.807) is 0 Å². The third-order valence-electron chi connectivity index (χ3n) is 4.43. The van der Waals surface area contributed by atoms with Gasteiger partial charge in [0, 0.05) is 30.5 Å². The number of rotatable bonds is 0. The number of nitrogens with zero attached hydrogens (tertiary/aromatic N) is 2. The van der Waals surface area contributed by atoms with Crippen molar-refractivity contribution in [1.29, 1.82) is 0 Å². The summed E-state index contributed by atoms with van der Waals surface area (Å²) in [6.45, 7) is 0. The zero-order valence-corrected chi connectivity index (χ0v) is 17.5. The summed E-state index contributed by atoms with van der Waals surface area (Å²) in [5, 5.41) is 0. The first-order valence-corrected chi connectivity index (χ1v) is 8.26. The van der Waals surface area contributed by atoms with Gasteiger partial charge >= 0.3 is 0 Å². The van der Waals surface area contributed by atoms with E-state index in [1.165, 1.54) is 0 Å². The standard InChI is InChI=1S/C20H16N6.Zn/c21-19-17-9-15-5-3-13(24-15)7-11-1-2-12(23-11)8-14-4-6-16(25-14)10-18(26-17)20(19)22;/h1-10,23,26H,21-22H2;. The predicted octanol–water partition coefficient (Wildman–Crippen LogP) is 3.82. The number of nitrogen functional groups attached to an aromatic ring is 2. The molecule has 3 aromatic heterocycles. The molecule has 2 aliphatic rings. The van der Waals surface area contributed by atoms with Crippen LogP contribution in [0.4, 0.5) is 11.4 Å². The normalized spacial score (nSPS) is 12.1. The maximum absolute atomic E-state index is 6.16. The third kappa shape index (κ3) is 3.18. The van der Waals surface area contributed by atoms with Gasteiger partial charge in [0.1, 0.15) is 0 Å². The van der Waals surface area contributed by atoms with E-state index < -0.39 is 0 Å². The van der Waals surface area contributed by atoms with E-state index >= 15 is 0 Å². The summed E-state index contributed by atoms with van der Waals surface area (Å²) in [5.74, 6) is 0. The molecule has 0 aliphatic carbocycles. The number of aromatic nitrogens is 4. The van der Waals surface area contributed by atoms with Gasteiger partial charge in [-0.2, -0.15) is 0 Å². The molecule has 0 amide bonds. The number of hydrogen-bond donors (Lipinski definition) is 4. The van der Waals surface area contributed by atoms with Crippen molar-refractivity contribution in [1.82, 2.24) is 19.9 Å². The minimum absolute atomic E-state index is 0. The molecular weight excluding hydrogens is 390 g/mol. The number of hydrogen-bond acceptors (Lipinski definition) is 4. The Bertz CT molecular complexity index is 1170. The largest absolute Gasteiger partial charge is 0.395 e. The van der Waals surface area contributed by atoms with Crippen LogP contribution in [0.15, 0.2) is 36.4 Å². The van der Waals surface area contributed by atoms with Crippen LogP contribution in [0.5, 0.6) is 0 Å². The SMILES string of the molecule is Nc1c(N)c2cc3nc(cc4ccc(cc5nc(cc1[nH]2)C=C5)[nH]4)C=C3.[Zn]. The zero-order chi connectivity index (χ0) is 17.7. The van der Waals surface area contributed by atoms with Gasteiger partial charge in [0.25, 0.3) is 0 Å². The average molecular weight is 406 g/mol. The fraction of sp³-hybridized carbons (Fsp3) is 0. The smallest absolute Gasteiger partial charge is 0.0809 e. The Morgan fingerprint density at radius 1 is 0.593 bits per heavy atom. The second-order valence-corrected chi connectivity index (χ2v) is 6.32. The predicted molar refractivity (Wildman–Crippen MR) is 108 cm³/mol. The van der Waals surface area contributed by atoms with Crippen LogP contribution >= 0.6 is 0 Å². The summed E-state index contributed by atoms with van der Waals surface area (Å²) in [6, 6.07) is 11.8. The van der Waals surface area contributed by atoms with Crippen LogP contribution in [0.3, 0.4) is 0 Å². The van der Waals surface area contributed by atoms with Crippen molar-refractivity contribution in [3.8, 4) is 0 Å². The van der Waals surface area contributed by atoms with Gasteiger partial charge in [-0.15, -0.1) is 0 Å². The molecule has 0 fully saturated rings. The van der Waals surface area contributed by atoms with Gasteiger partial charge in [-0.05, 0) is 60.7 Å². The number of fused-ring (bicyclic) bond motifs is 8. The van der Waals surface area contributed by atoms with Crippen LogP contribution in [-0.2, 0) is 19.5 Å². The van der Waals surface area contributed by atoms with Gasteiger partial charge in [-0.1, -0.05) is 0 Å². The van der Waals surface area contributed by atoms with Crippen molar-refractivity contribution in [3.05, 3.63) is 59.2 Å². The summed E-state index contributed by atoms with van der Waals surface area (Å²) in [7, 11) is 0. The Hall–Kier alpha value is -3.18. The van der Waals surface area contributed by atoms with E-state index in [4.69, 9.17) is 11.5 Å². The van der Waals surface area contributed by atoms with Crippen LogP contribution in [0.25, 0.3) is 46.4 Å². The number of nitrogens with one attached hydrogen (secondary N) is 2. The summed E-state index contributed by atoms with van der Waals surface area (Å²) >= 11 is 0. The summed E-state index contributed by atoms with van der Waals surface area (Å²) in [4.78, 5) is 15.8. The average Bonchev–Trinajstić information content (AvgIpc) is 3.38. The van der Waals surface area contributed by atoms with E-state index in [0.29, 0.717) is 11.4 Å². The summed E-state index contributed by atoms with van der Waals surface area (Å²) in [5.41, 5.74) is 20.2. The maximum atomic E-state index is 6.16. The third-order valence-corrected chi connectivity index (χ3v) is 4.43. The fourth-order valence-corrected chi connectivity index (χ4v) is 3.12. The first kappa shape index (κ1) is 17.2. The zero-order valence-electron chi connectivity index (χ0n) is 14.5. The second kappa shape index (κ2) is 6.52. The molecule has 27 heavy (non-hydrogen) atoms. The van der Waals surface area contributed by atoms with Crippen LogP contribution in [0.1, 0.15) is 22.8 Å². The van der Waals surface area contributed by atoms with E-state index in [9.17, 15) is 0 Å². The first-order valence-electron chi connectivity index (χ1n) is 8.26.